The van der Waals surface area contributed by atoms with E-state index in [9.17, 15) is 4.79 Å². The zero-order chi connectivity index (χ0) is 8.81. The molecule has 1 nitrogen and oxygen atoms in total. The van der Waals surface area contributed by atoms with Gasteiger partial charge in [0, 0.05) is 4.90 Å². The second kappa shape index (κ2) is 4.78. The van der Waals surface area contributed by atoms with Crippen molar-refractivity contribution in [3.8, 4) is 0 Å². The van der Waals surface area contributed by atoms with Crippen LogP contribution >= 0.6 is 11.8 Å². The van der Waals surface area contributed by atoms with Crippen LogP contribution in [0.3, 0.4) is 0 Å². The number of carbonyl (C=O) groups is 1. The first kappa shape index (κ1) is 9.07. The summed E-state index contributed by atoms with van der Waals surface area (Å²) in [5.41, 5.74) is 0. The van der Waals surface area contributed by atoms with Crippen molar-refractivity contribution in [1.82, 2.24) is 0 Å². The molecule has 0 aliphatic heterocycles. The highest BCUT2D eigenvalue weighted by Crippen LogP contribution is 2.21. The maximum absolute atomic E-state index is 10.4. The summed E-state index contributed by atoms with van der Waals surface area (Å²) in [6.45, 7) is 3.58. The number of hydrogen-bond donors (Lipinski definition) is 0. The number of carbonyl (C=O) groups excluding carboxylic acids is 1. The summed E-state index contributed by atoms with van der Waals surface area (Å²) >= 11 is 1.50. The molecule has 0 amide bonds. The van der Waals surface area contributed by atoms with E-state index in [1.54, 1.807) is 6.08 Å². The third-order valence-corrected chi connectivity index (χ3v) is 2.50. The first-order valence-electron chi connectivity index (χ1n) is 3.66. The topological polar surface area (TPSA) is 17.1 Å². The molecule has 0 spiro atoms. The Bertz CT molecular complexity index is 248. The summed E-state index contributed by atoms with van der Waals surface area (Å²) in [6.07, 6.45) is 2.54. The Morgan fingerprint density at radius 2 is 2.00 bits per heavy atom. The molecule has 1 aromatic rings. The van der Waals surface area contributed by atoms with Gasteiger partial charge in [-0.2, -0.15) is 0 Å². The molecule has 0 fully saturated rings. The van der Waals surface area contributed by atoms with Crippen LogP contribution in [-0.4, -0.2) is 11.5 Å². The molecule has 0 bridgehead atoms. The molecule has 0 N–H and O–H groups in total. The lowest BCUT2D eigenvalue weighted by Gasteiger charge is -2.02. The van der Waals surface area contributed by atoms with Crippen molar-refractivity contribution in [1.29, 1.82) is 0 Å². The van der Waals surface area contributed by atoms with Gasteiger partial charge in [0.2, 0.25) is 0 Å². The molecule has 12 heavy (non-hydrogen) atoms. The van der Waals surface area contributed by atoms with E-state index in [1.165, 1.54) is 11.8 Å². The Morgan fingerprint density at radius 3 is 2.50 bits per heavy atom. The largest absolute Gasteiger partial charge is 0.302 e. The minimum atomic E-state index is -0.132. The van der Waals surface area contributed by atoms with Crippen LogP contribution in [-0.2, 0) is 4.79 Å². The second-order valence-electron chi connectivity index (χ2n) is 2.27. The molecule has 0 saturated carbocycles. The molecule has 1 rings (SSSR count). The average molecular weight is 178 g/mol. The third-order valence-electron chi connectivity index (χ3n) is 1.38. The van der Waals surface area contributed by atoms with Crippen LogP contribution in [0.25, 0.3) is 0 Å². The zero-order valence-electron chi connectivity index (χ0n) is 6.64. The van der Waals surface area contributed by atoms with Crippen molar-refractivity contribution < 1.29 is 4.79 Å². The van der Waals surface area contributed by atoms with Gasteiger partial charge in [0.05, 0.1) is 5.25 Å². The summed E-state index contributed by atoms with van der Waals surface area (Å²) in [7, 11) is 0. The van der Waals surface area contributed by atoms with Crippen LogP contribution in [0.2, 0.25) is 0 Å². The smallest absolute Gasteiger partial charge is 0.137 e. The van der Waals surface area contributed by atoms with Crippen LogP contribution in [0.5, 0.6) is 0 Å². The standard InChI is InChI=1S/C10H10OS/c1-2-9(8-11)12-10-6-4-3-5-7-10/h2-9H,1H2. The first-order valence-corrected chi connectivity index (χ1v) is 4.54. The van der Waals surface area contributed by atoms with Crippen molar-refractivity contribution in [3.63, 3.8) is 0 Å². The third kappa shape index (κ3) is 2.55. The van der Waals surface area contributed by atoms with E-state index in [0.717, 1.165) is 11.2 Å². The molecule has 1 atom stereocenters. The Morgan fingerprint density at radius 1 is 1.33 bits per heavy atom. The Labute approximate surface area is 76.5 Å². The molecule has 0 heterocycles. The number of aldehydes is 1. The van der Waals surface area contributed by atoms with Gasteiger partial charge in [-0.3, -0.25) is 0 Å². The van der Waals surface area contributed by atoms with Gasteiger partial charge in [-0.1, -0.05) is 24.3 Å². The molecular weight excluding hydrogens is 168 g/mol. The fraction of sp³-hybridized carbons (Fsp3) is 0.100. The lowest BCUT2D eigenvalue weighted by atomic mass is 10.4. The number of thioether (sulfide) groups is 1. The van der Waals surface area contributed by atoms with Crippen LogP contribution < -0.4 is 0 Å². The molecule has 0 radical (unpaired) electrons. The summed E-state index contributed by atoms with van der Waals surface area (Å²) in [5, 5.41) is -0.132. The highest BCUT2D eigenvalue weighted by molar-refractivity contribution is 8.00. The molecule has 2 heteroatoms. The van der Waals surface area contributed by atoms with Crippen molar-refractivity contribution in [3.05, 3.63) is 43.0 Å². The van der Waals surface area contributed by atoms with E-state index in [1.807, 2.05) is 30.3 Å². The molecule has 1 unspecified atom stereocenters. The molecule has 0 saturated heterocycles. The van der Waals surface area contributed by atoms with E-state index in [4.69, 9.17) is 0 Å². The van der Waals surface area contributed by atoms with Crippen LogP contribution in [0.15, 0.2) is 47.9 Å². The molecule has 62 valence electrons. The predicted octanol–water partition coefficient (Wildman–Crippen LogP) is 2.53. The normalized spacial score (nSPS) is 12.0. The predicted molar refractivity (Wildman–Crippen MR) is 52.3 cm³/mol. The van der Waals surface area contributed by atoms with E-state index in [2.05, 4.69) is 6.58 Å². The minimum absolute atomic E-state index is 0.132. The summed E-state index contributed by atoms with van der Waals surface area (Å²) in [4.78, 5) is 11.5. The Hall–Kier alpha value is -1.02. The van der Waals surface area contributed by atoms with Gasteiger partial charge in [0.15, 0.2) is 0 Å². The first-order chi connectivity index (χ1) is 5.86. The van der Waals surface area contributed by atoms with Crippen molar-refractivity contribution in [2.75, 3.05) is 0 Å². The van der Waals surface area contributed by atoms with E-state index in [-0.39, 0.29) is 5.25 Å². The molecule has 0 aliphatic carbocycles. The quantitative estimate of drug-likeness (QED) is 0.400. The highest BCUT2D eigenvalue weighted by atomic mass is 32.2. The monoisotopic (exact) mass is 178 g/mol. The second-order valence-corrected chi connectivity index (χ2v) is 3.52. The van der Waals surface area contributed by atoms with Gasteiger partial charge in [-0.25, -0.2) is 0 Å². The fourth-order valence-corrected chi connectivity index (χ4v) is 1.57. The van der Waals surface area contributed by atoms with E-state index >= 15 is 0 Å². The lowest BCUT2D eigenvalue weighted by molar-refractivity contribution is -0.106. The maximum atomic E-state index is 10.4. The van der Waals surface area contributed by atoms with Gasteiger partial charge in [-0.15, -0.1) is 18.3 Å². The number of benzene rings is 1. The highest BCUT2D eigenvalue weighted by Gasteiger charge is 2.02. The summed E-state index contributed by atoms with van der Waals surface area (Å²) < 4.78 is 0. The molecule has 0 aliphatic rings. The van der Waals surface area contributed by atoms with Crippen LogP contribution in [0.1, 0.15) is 0 Å². The van der Waals surface area contributed by atoms with Gasteiger partial charge >= 0.3 is 0 Å². The Kier molecular flexibility index (Phi) is 3.61. The van der Waals surface area contributed by atoms with E-state index < -0.39 is 0 Å². The lowest BCUT2D eigenvalue weighted by Crippen LogP contribution is -1.97. The molecule has 0 aromatic heterocycles. The summed E-state index contributed by atoms with van der Waals surface area (Å²) in [5.74, 6) is 0. The van der Waals surface area contributed by atoms with Gasteiger partial charge in [0.25, 0.3) is 0 Å². The molecular formula is C10H10OS. The van der Waals surface area contributed by atoms with E-state index in [0.29, 0.717) is 0 Å². The Balaban J connectivity index is 2.62. The minimum Gasteiger partial charge on any atom is -0.302 e. The van der Waals surface area contributed by atoms with Gasteiger partial charge < -0.3 is 4.79 Å². The van der Waals surface area contributed by atoms with Crippen molar-refractivity contribution in [2.45, 2.75) is 10.1 Å². The maximum Gasteiger partial charge on any atom is 0.137 e. The average Bonchev–Trinajstić information content (AvgIpc) is 2.16. The van der Waals surface area contributed by atoms with Crippen LogP contribution in [0, 0.1) is 0 Å². The van der Waals surface area contributed by atoms with Gasteiger partial charge in [0.1, 0.15) is 6.29 Å². The molecule has 1 aromatic carbocycles. The van der Waals surface area contributed by atoms with Crippen LogP contribution in [0.4, 0.5) is 0 Å². The zero-order valence-corrected chi connectivity index (χ0v) is 7.46. The number of hydrogen-bond acceptors (Lipinski definition) is 2. The fourth-order valence-electron chi connectivity index (χ4n) is 0.788. The SMILES string of the molecule is C=CC(C=O)Sc1ccccc1. The van der Waals surface area contributed by atoms with Crippen molar-refractivity contribution in [2.24, 2.45) is 0 Å². The number of rotatable bonds is 4. The van der Waals surface area contributed by atoms with Gasteiger partial charge in [-0.05, 0) is 12.1 Å². The summed E-state index contributed by atoms with van der Waals surface area (Å²) in [6, 6.07) is 9.81. The van der Waals surface area contributed by atoms with Crippen molar-refractivity contribution >= 4 is 18.0 Å².